The van der Waals surface area contributed by atoms with Crippen LogP contribution in [0.4, 0.5) is 4.39 Å². The van der Waals surface area contributed by atoms with Crippen molar-refractivity contribution in [3.63, 3.8) is 0 Å². The van der Waals surface area contributed by atoms with Gasteiger partial charge in [-0.25, -0.2) is 12.8 Å². The van der Waals surface area contributed by atoms with Gasteiger partial charge in [0.2, 0.25) is 10.0 Å². The van der Waals surface area contributed by atoms with Crippen LogP contribution in [0.2, 0.25) is 0 Å². The first-order valence-electron chi connectivity index (χ1n) is 10.0. The molecule has 1 amide bonds. The maximum absolute atomic E-state index is 13.6. The van der Waals surface area contributed by atoms with Crippen LogP contribution in [0.3, 0.4) is 0 Å². The summed E-state index contributed by atoms with van der Waals surface area (Å²) < 4.78 is 46.0. The molecule has 1 aliphatic heterocycles. The zero-order chi connectivity index (χ0) is 21.7. The van der Waals surface area contributed by atoms with Gasteiger partial charge >= 0.3 is 0 Å². The highest BCUT2D eigenvalue weighted by Gasteiger charge is 2.28. The van der Waals surface area contributed by atoms with Crippen LogP contribution in [0, 0.1) is 11.7 Å². The smallest absolute Gasteiger partial charge is 0.253 e. The Kier molecular flexibility index (Phi) is 7.10. The molecule has 3 rings (SSSR count). The van der Waals surface area contributed by atoms with Gasteiger partial charge in [-0.05, 0) is 55.2 Å². The van der Waals surface area contributed by atoms with Crippen molar-refractivity contribution >= 4 is 15.9 Å². The Morgan fingerprint density at radius 3 is 2.40 bits per heavy atom. The molecule has 0 radical (unpaired) electrons. The minimum absolute atomic E-state index is 0.139. The van der Waals surface area contributed by atoms with E-state index in [9.17, 15) is 17.6 Å². The topological polar surface area (TPSA) is 66.9 Å². The molecule has 0 bridgehead atoms. The third-order valence-corrected chi connectivity index (χ3v) is 7.26. The first-order chi connectivity index (χ1) is 14.3. The van der Waals surface area contributed by atoms with E-state index in [4.69, 9.17) is 4.74 Å². The number of likely N-dealkylation sites (N-methyl/N-ethyl adjacent to an activating group) is 1. The van der Waals surface area contributed by atoms with Crippen molar-refractivity contribution in [1.29, 1.82) is 0 Å². The molecule has 1 aliphatic rings. The number of rotatable bonds is 7. The first-order valence-corrected chi connectivity index (χ1v) is 11.5. The molecular weight excluding hydrogens is 407 g/mol. The van der Waals surface area contributed by atoms with Gasteiger partial charge in [0, 0.05) is 25.7 Å². The number of sulfonamides is 1. The highest BCUT2D eigenvalue weighted by Crippen LogP contribution is 2.24. The average molecular weight is 435 g/mol. The van der Waals surface area contributed by atoms with Gasteiger partial charge in [0.1, 0.15) is 6.61 Å². The number of halogens is 1. The number of hydrogen-bond acceptors (Lipinski definition) is 4. The fraction of sp³-hybridized carbons (Fsp3) is 0.409. The molecule has 0 aromatic heterocycles. The van der Waals surface area contributed by atoms with Crippen LogP contribution in [0.1, 0.15) is 30.1 Å². The van der Waals surface area contributed by atoms with E-state index < -0.39 is 15.8 Å². The Morgan fingerprint density at radius 2 is 1.77 bits per heavy atom. The fourth-order valence-corrected chi connectivity index (χ4v) is 4.79. The summed E-state index contributed by atoms with van der Waals surface area (Å²) in [4.78, 5) is 14.2. The molecule has 2 aromatic rings. The van der Waals surface area contributed by atoms with Crippen LogP contribution in [-0.2, 0) is 10.0 Å². The maximum atomic E-state index is 13.6. The predicted molar refractivity (Wildman–Crippen MR) is 112 cm³/mol. The average Bonchev–Trinajstić information content (AvgIpc) is 2.75. The van der Waals surface area contributed by atoms with Gasteiger partial charge in [0.05, 0.1) is 11.4 Å². The number of piperidine rings is 1. The highest BCUT2D eigenvalue weighted by atomic mass is 32.2. The van der Waals surface area contributed by atoms with Crippen LogP contribution in [0.5, 0.6) is 5.75 Å². The van der Waals surface area contributed by atoms with Gasteiger partial charge in [-0.2, -0.15) is 4.31 Å². The summed E-state index contributed by atoms with van der Waals surface area (Å²) in [5.74, 6) is -0.0383. The standard InChI is InChI=1S/C22H27FN2O4S/c1-17-11-13-25(14-12-17)30(27,28)19-9-7-18(8-10-19)22(26)24(2)15-16-29-21-6-4-3-5-20(21)23/h3-10,17H,11-16H2,1-2H3. The molecular formula is C22H27FN2O4S. The number of ether oxygens (including phenoxy) is 1. The van der Waals surface area contributed by atoms with Gasteiger partial charge in [-0.3, -0.25) is 4.79 Å². The molecule has 8 heteroatoms. The summed E-state index contributed by atoms with van der Waals surface area (Å²) in [7, 11) is -1.93. The van der Waals surface area contributed by atoms with Crippen molar-refractivity contribution in [2.24, 2.45) is 5.92 Å². The molecule has 0 aliphatic carbocycles. The minimum atomic E-state index is -3.54. The van der Waals surface area contributed by atoms with Crippen LogP contribution in [0.25, 0.3) is 0 Å². The zero-order valence-corrected chi connectivity index (χ0v) is 18.1. The Balaban J connectivity index is 1.58. The van der Waals surface area contributed by atoms with E-state index in [0.717, 1.165) is 12.8 Å². The fourth-order valence-electron chi connectivity index (χ4n) is 3.32. The second-order valence-electron chi connectivity index (χ2n) is 7.62. The Hall–Kier alpha value is -2.45. The third-order valence-electron chi connectivity index (χ3n) is 5.35. The third kappa shape index (κ3) is 5.17. The number of carbonyl (C=O) groups is 1. The van der Waals surface area contributed by atoms with Crippen molar-refractivity contribution in [3.8, 4) is 5.75 Å². The molecule has 0 atom stereocenters. The van der Waals surface area contributed by atoms with Gasteiger partial charge in [-0.15, -0.1) is 0 Å². The highest BCUT2D eigenvalue weighted by molar-refractivity contribution is 7.89. The Labute approximate surface area is 177 Å². The molecule has 0 unspecified atom stereocenters. The molecule has 6 nitrogen and oxygen atoms in total. The van der Waals surface area contributed by atoms with Crippen molar-refractivity contribution in [2.45, 2.75) is 24.7 Å². The number of hydrogen-bond donors (Lipinski definition) is 0. The lowest BCUT2D eigenvalue weighted by Crippen LogP contribution is -2.37. The number of para-hydroxylation sites is 1. The van der Waals surface area contributed by atoms with E-state index in [2.05, 4.69) is 6.92 Å². The summed E-state index contributed by atoms with van der Waals surface area (Å²) in [5.41, 5.74) is 0.384. The lowest BCUT2D eigenvalue weighted by atomic mass is 10.0. The van der Waals surface area contributed by atoms with E-state index in [1.807, 2.05) is 0 Å². The molecule has 2 aromatic carbocycles. The largest absolute Gasteiger partial charge is 0.489 e. The second-order valence-corrected chi connectivity index (χ2v) is 9.55. The van der Waals surface area contributed by atoms with E-state index in [1.165, 1.54) is 45.6 Å². The van der Waals surface area contributed by atoms with Gasteiger partial charge < -0.3 is 9.64 Å². The van der Waals surface area contributed by atoms with Crippen LogP contribution in [-0.4, -0.2) is 56.8 Å². The lowest BCUT2D eigenvalue weighted by molar-refractivity contribution is 0.0773. The van der Waals surface area contributed by atoms with Crippen molar-refractivity contribution in [1.82, 2.24) is 9.21 Å². The van der Waals surface area contributed by atoms with Crippen LogP contribution in [0.15, 0.2) is 53.4 Å². The lowest BCUT2D eigenvalue weighted by Gasteiger charge is -2.29. The van der Waals surface area contributed by atoms with Crippen molar-refractivity contribution < 1.29 is 22.3 Å². The molecule has 1 heterocycles. The molecule has 0 N–H and O–H groups in total. The Bertz CT molecular complexity index is 971. The first kappa shape index (κ1) is 22.2. The number of amides is 1. The maximum Gasteiger partial charge on any atom is 0.253 e. The molecule has 1 saturated heterocycles. The predicted octanol–water partition coefficient (Wildman–Crippen LogP) is 3.40. The summed E-state index contributed by atoms with van der Waals surface area (Å²) in [6.07, 6.45) is 1.71. The van der Waals surface area contributed by atoms with Gasteiger partial charge in [-0.1, -0.05) is 19.1 Å². The number of carbonyl (C=O) groups excluding carboxylic acids is 1. The van der Waals surface area contributed by atoms with E-state index in [0.29, 0.717) is 24.6 Å². The monoisotopic (exact) mass is 434 g/mol. The molecule has 162 valence electrons. The second kappa shape index (κ2) is 9.57. The van der Waals surface area contributed by atoms with Gasteiger partial charge in [0.25, 0.3) is 5.91 Å². The number of benzene rings is 2. The van der Waals surface area contributed by atoms with Crippen molar-refractivity contribution in [3.05, 3.63) is 59.9 Å². The zero-order valence-electron chi connectivity index (χ0n) is 17.3. The quantitative estimate of drug-likeness (QED) is 0.670. The summed E-state index contributed by atoms with van der Waals surface area (Å²) in [6.45, 7) is 3.58. The summed E-state index contributed by atoms with van der Waals surface area (Å²) >= 11 is 0. The van der Waals surface area contributed by atoms with Crippen LogP contribution >= 0.6 is 0 Å². The normalized spacial score (nSPS) is 15.7. The van der Waals surface area contributed by atoms with Gasteiger partial charge in [0.15, 0.2) is 11.6 Å². The molecule has 0 spiro atoms. The van der Waals surface area contributed by atoms with E-state index in [-0.39, 0.29) is 29.7 Å². The summed E-state index contributed by atoms with van der Waals surface area (Å²) in [6, 6.07) is 12.1. The molecule has 30 heavy (non-hydrogen) atoms. The molecule has 1 fully saturated rings. The van der Waals surface area contributed by atoms with E-state index in [1.54, 1.807) is 19.2 Å². The molecule has 0 saturated carbocycles. The van der Waals surface area contributed by atoms with Crippen molar-refractivity contribution in [2.75, 3.05) is 33.3 Å². The SMILES string of the molecule is CC1CCN(S(=O)(=O)c2ccc(C(=O)N(C)CCOc3ccccc3F)cc2)CC1. The summed E-state index contributed by atoms with van der Waals surface area (Å²) in [5, 5.41) is 0. The van der Waals surface area contributed by atoms with E-state index >= 15 is 0 Å². The number of nitrogens with zero attached hydrogens (tertiary/aromatic N) is 2. The minimum Gasteiger partial charge on any atom is -0.489 e. The van der Waals surface area contributed by atoms with Crippen LogP contribution < -0.4 is 4.74 Å². The Morgan fingerprint density at radius 1 is 1.13 bits per heavy atom.